The van der Waals surface area contributed by atoms with Gasteiger partial charge in [0.1, 0.15) is 5.82 Å². The average Bonchev–Trinajstić information content (AvgIpc) is 2.33. The number of hydrogen-bond acceptors (Lipinski definition) is 4. The lowest BCUT2D eigenvalue weighted by atomic mass is 10.2. The number of halogens is 1. The number of hydrogen-bond donors (Lipinski definition) is 1. The third-order valence-electron chi connectivity index (χ3n) is 2.11. The zero-order chi connectivity index (χ0) is 12.3. The molecule has 1 aliphatic rings. The molecule has 88 valence electrons. The fraction of sp³-hybridized carbons (Fsp3) is 0.182. The molecule has 1 amide bonds. The zero-order valence-corrected chi connectivity index (χ0v) is 9.87. The number of nitrogens with zero attached hydrogens (tertiary/aromatic N) is 2. The van der Waals surface area contributed by atoms with Crippen molar-refractivity contribution < 1.29 is 9.18 Å². The van der Waals surface area contributed by atoms with E-state index < -0.39 is 0 Å². The number of thioether (sulfide) groups is 1. The van der Waals surface area contributed by atoms with Crippen molar-refractivity contribution in [3.63, 3.8) is 0 Å². The lowest BCUT2D eigenvalue weighted by molar-refractivity contribution is -0.120. The molecule has 0 saturated carbocycles. The molecule has 17 heavy (non-hydrogen) atoms. The lowest BCUT2D eigenvalue weighted by Gasteiger charge is -2.13. The van der Waals surface area contributed by atoms with Gasteiger partial charge in [0.15, 0.2) is 0 Å². The minimum atomic E-state index is -0.285. The molecule has 0 aromatic heterocycles. The Morgan fingerprint density at radius 1 is 1.47 bits per heavy atom. The second-order valence-corrected chi connectivity index (χ2v) is 4.75. The Kier molecular flexibility index (Phi) is 3.53. The summed E-state index contributed by atoms with van der Waals surface area (Å²) in [4.78, 5) is 15.2. The third-order valence-corrected chi connectivity index (χ3v) is 3.08. The van der Waals surface area contributed by atoms with Crippen LogP contribution in [0.15, 0.2) is 34.4 Å². The normalized spacial score (nSPS) is 20.2. The molecule has 6 heteroatoms. The van der Waals surface area contributed by atoms with Crippen LogP contribution >= 0.6 is 11.8 Å². The molecule has 1 aromatic carbocycles. The van der Waals surface area contributed by atoms with Crippen LogP contribution < -0.4 is 5.43 Å². The van der Waals surface area contributed by atoms with E-state index in [0.29, 0.717) is 5.17 Å². The molecule has 4 nitrogen and oxygen atoms in total. The van der Waals surface area contributed by atoms with Crippen LogP contribution in [0.25, 0.3) is 0 Å². The van der Waals surface area contributed by atoms with E-state index in [-0.39, 0.29) is 17.0 Å². The van der Waals surface area contributed by atoms with Gasteiger partial charge in [-0.15, -0.1) is 5.10 Å². The molecule has 0 spiro atoms. The van der Waals surface area contributed by atoms with E-state index in [2.05, 4.69) is 15.5 Å². The lowest BCUT2D eigenvalue weighted by Crippen LogP contribution is -2.32. The van der Waals surface area contributed by atoms with Crippen molar-refractivity contribution in [3.8, 4) is 0 Å². The van der Waals surface area contributed by atoms with Gasteiger partial charge in [-0.05, 0) is 24.6 Å². The van der Waals surface area contributed by atoms with E-state index >= 15 is 0 Å². The van der Waals surface area contributed by atoms with Gasteiger partial charge in [-0.3, -0.25) is 4.79 Å². The summed E-state index contributed by atoms with van der Waals surface area (Å²) in [5.74, 6) is -0.414. The summed E-state index contributed by atoms with van der Waals surface area (Å²) in [6.45, 7) is 1.78. The summed E-state index contributed by atoms with van der Waals surface area (Å²) in [6, 6.07) is 5.97. The maximum atomic E-state index is 12.7. The molecule has 0 fully saturated rings. The number of rotatable bonds is 1. The van der Waals surface area contributed by atoms with Crippen LogP contribution in [0.2, 0.25) is 0 Å². The Morgan fingerprint density at radius 3 is 2.82 bits per heavy atom. The Bertz CT molecular complexity index is 484. The van der Waals surface area contributed by atoms with Gasteiger partial charge in [0.25, 0.3) is 5.91 Å². The maximum Gasteiger partial charge on any atom is 0.253 e. The van der Waals surface area contributed by atoms with Crippen LogP contribution in [-0.4, -0.2) is 22.5 Å². The minimum absolute atomic E-state index is 0.129. The number of carbonyl (C=O) groups is 1. The highest BCUT2D eigenvalue weighted by atomic mass is 32.2. The molecule has 0 radical (unpaired) electrons. The van der Waals surface area contributed by atoms with Crippen molar-refractivity contribution in [2.75, 3.05) is 0 Å². The largest absolute Gasteiger partial charge is 0.272 e. The Balaban J connectivity index is 2.06. The summed E-state index contributed by atoms with van der Waals surface area (Å²) in [7, 11) is 0. The first-order valence-corrected chi connectivity index (χ1v) is 5.87. The second-order valence-electron chi connectivity index (χ2n) is 3.44. The maximum absolute atomic E-state index is 12.7. The quantitative estimate of drug-likeness (QED) is 0.773. The monoisotopic (exact) mass is 251 g/mol. The van der Waals surface area contributed by atoms with E-state index in [1.807, 2.05) is 0 Å². The predicted molar refractivity (Wildman–Crippen MR) is 66.6 cm³/mol. The number of hydrazone groups is 1. The molecule has 1 N–H and O–H groups in total. The van der Waals surface area contributed by atoms with Crippen LogP contribution in [0.5, 0.6) is 0 Å². The van der Waals surface area contributed by atoms with Gasteiger partial charge >= 0.3 is 0 Å². The number of benzene rings is 1. The molecule has 0 unspecified atom stereocenters. The van der Waals surface area contributed by atoms with Gasteiger partial charge in [-0.2, -0.15) is 0 Å². The average molecular weight is 251 g/mol. The molecule has 1 aromatic rings. The molecule has 1 aliphatic heterocycles. The first-order chi connectivity index (χ1) is 8.15. The van der Waals surface area contributed by atoms with Crippen LogP contribution in [0.1, 0.15) is 12.5 Å². The van der Waals surface area contributed by atoms with Crippen molar-refractivity contribution in [2.24, 2.45) is 10.1 Å². The van der Waals surface area contributed by atoms with Crippen molar-refractivity contribution in [3.05, 3.63) is 35.6 Å². The van der Waals surface area contributed by atoms with E-state index in [4.69, 9.17) is 0 Å². The van der Waals surface area contributed by atoms with Crippen LogP contribution in [0, 0.1) is 5.82 Å². The summed E-state index contributed by atoms with van der Waals surface area (Å²) >= 11 is 1.28. The summed E-state index contributed by atoms with van der Waals surface area (Å²) in [5, 5.41) is 4.09. The Labute approximate surface area is 102 Å². The van der Waals surface area contributed by atoms with Gasteiger partial charge in [0.2, 0.25) is 5.17 Å². The highest BCUT2D eigenvalue weighted by Crippen LogP contribution is 2.17. The SMILES string of the molecule is C[C@@H]1SC(N=Cc2ccc(F)cc2)=NNC1=O. The molecule has 0 saturated heterocycles. The molecule has 0 bridgehead atoms. The van der Waals surface area contributed by atoms with Crippen LogP contribution in [-0.2, 0) is 4.79 Å². The summed E-state index contributed by atoms with van der Waals surface area (Å²) < 4.78 is 12.7. The van der Waals surface area contributed by atoms with E-state index in [0.717, 1.165) is 5.56 Å². The number of carbonyl (C=O) groups excluding carboxylic acids is 1. The second kappa shape index (κ2) is 5.09. The summed E-state index contributed by atoms with van der Waals surface area (Å²) in [5.41, 5.74) is 3.16. The first kappa shape index (κ1) is 11.8. The number of amidine groups is 1. The predicted octanol–water partition coefficient (Wildman–Crippen LogP) is 1.77. The fourth-order valence-corrected chi connectivity index (χ4v) is 1.86. The smallest absolute Gasteiger partial charge is 0.253 e. The third kappa shape index (κ3) is 3.13. The first-order valence-electron chi connectivity index (χ1n) is 4.99. The van der Waals surface area contributed by atoms with E-state index in [1.54, 1.807) is 25.3 Å². The molecular weight excluding hydrogens is 241 g/mol. The minimum Gasteiger partial charge on any atom is -0.272 e. The van der Waals surface area contributed by atoms with Crippen molar-refractivity contribution in [1.29, 1.82) is 0 Å². The number of aliphatic imine (C=N–C) groups is 1. The highest BCUT2D eigenvalue weighted by molar-refractivity contribution is 8.15. The van der Waals surface area contributed by atoms with Gasteiger partial charge in [-0.1, -0.05) is 23.9 Å². The highest BCUT2D eigenvalue weighted by Gasteiger charge is 2.20. The van der Waals surface area contributed by atoms with Crippen molar-refractivity contribution in [2.45, 2.75) is 12.2 Å². The molecular formula is C11H10FN3OS. The zero-order valence-electron chi connectivity index (χ0n) is 9.05. The van der Waals surface area contributed by atoms with Gasteiger partial charge in [0, 0.05) is 6.21 Å². The number of nitrogens with one attached hydrogen (secondary N) is 1. The van der Waals surface area contributed by atoms with Gasteiger partial charge in [0.05, 0.1) is 5.25 Å². The Morgan fingerprint density at radius 2 is 2.18 bits per heavy atom. The van der Waals surface area contributed by atoms with Gasteiger partial charge in [-0.25, -0.2) is 14.8 Å². The Hall–Kier alpha value is -1.69. The molecule has 2 rings (SSSR count). The van der Waals surface area contributed by atoms with Crippen molar-refractivity contribution in [1.82, 2.24) is 5.43 Å². The topological polar surface area (TPSA) is 53.8 Å². The van der Waals surface area contributed by atoms with E-state index in [9.17, 15) is 9.18 Å². The standard InChI is InChI=1S/C11H10FN3OS/c1-7-10(16)14-15-11(17-7)13-6-8-2-4-9(12)5-3-8/h2-7H,1H3,(H,14,16)/t7-/m0/s1. The fourth-order valence-electron chi connectivity index (χ4n) is 1.17. The van der Waals surface area contributed by atoms with Crippen LogP contribution in [0.3, 0.4) is 0 Å². The van der Waals surface area contributed by atoms with Crippen LogP contribution in [0.4, 0.5) is 4.39 Å². The number of amides is 1. The molecule has 1 atom stereocenters. The molecule has 0 aliphatic carbocycles. The molecule has 1 heterocycles. The van der Waals surface area contributed by atoms with E-state index in [1.165, 1.54) is 23.9 Å². The summed E-state index contributed by atoms with van der Waals surface area (Å²) in [6.07, 6.45) is 1.58. The van der Waals surface area contributed by atoms with Gasteiger partial charge < -0.3 is 0 Å². The van der Waals surface area contributed by atoms with Crippen molar-refractivity contribution >= 4 is 29.1 Å².